The number of anilines is 1. The van der Waals surface area contributed by atoms with Gasteiger partial charge in [-0.1, -0.05) is 24.3 Å². The molecule has 0 atom stereocenters. The van der Waals surface area contributed by atoms with Gasteiger partial charge in [-0.3, -0.25) is 4.98 Å². The van der Waals surface area contributed by atoms with Crippen LogP contribution in [0.4, 0.5) is 5.82 Å². The lowest BCUT2D eigenvalue weighted by Gasteiger charge is -2.31. The largest absolute Gasteiger partial charge is 0.366 e. The zero-order valence-electron chi connectivity index (χ0n) is 17.8. The molecular weight excluding hydrogens is 504 g/mol. The molecule has 1 N–H and O–H groups in total. The van der Waals surface area contributed by atoms with Gasteiger partial charge in [0.25, 0.3) is 0 Å². The molecule has 0 radical (unpaired) electrons. The van der Waals surface area contributed by atoms with Crippen LogP contribution in [-0.4, -0.2) is 45.4 Å². The monoisotopic (exact) mass is 526 g/mol. The van der Waals surface area contributed by atoms with Gasteiger partial charge in [-0.2, -0.15) is 13.9 Å². The van der Waals surface area contributed by atoms with E-state index in [1.807, 2.05) is 30.5 Å². The lowest BCUT2D eigenvalue weighted by molar-refractivity contribution is 0.317. The topological polar surface area (TPSA) is 92.5 Å². The minimum Gasteiger partial charge on any atom is -0.366 e. The van der Waals surface area contributed by atoms with Gasteiger partial charge in [-0.25, -0.2) is 13.4 Å². The molecule has 4 heterocycles. The van der Waals surface area contributed by atoms with Crippen LogP contribution in [0.15, 0.2) is 76.5 Å². The average Bonchev–Trinajstić information content (AvgIpc) is 3.24. The van der Waals surface area contributed by atoms with Gasteiger partial charge in [0.05, 0.1) is 15.6 Å². The Kier molecular flexibility index (Phi) is 6.13. The molecule has 1 aliphatic rings. The van der Waals surface area contributed by atoms with Crippen molar-refractivity contribution < 1.29 is 8.42 Å². The molecule has 4 aromatic rings. The van der Waals surface area contributed by atoms with Crippen molar-refractivity contribution in [3.05, 3.63) is 82.9 Å². The number of rotatable bonds is 6. The van der Waals surface area contributed by atoms with Crippen LogP contribution in [0, 0.1) is 0 Å². The van der Waals surface area contributed by atoms with E-state index in [0.717, 1.165) is 27.2 Å². The van der Waals surface area contributed by atoms with Crippen molar-refractivity contribution in [2.45, 2.75) is 30.2 Å². The van der Waals surface area contributed by atoms with Gasteiger partial charge >= 0.3 is 0 Å². The van der Waals surface area contributed by atoms with E-state index in [1.54, 1.807) is 45.5 Å². The summed E-state index contributed by atoms with van der Waals surface area (Å²) < 4.78 is 30.1. The number of hydrogen-bond acceptors (Lipinski definition) is 6. The number of sulfonamides is 1. The van der Waals surface area contributed by atoms with Crippen LogP contribution in [0.3, 0.4) is 0 Å². The minimum absolute atomic E-state index is 0.165. The summed E-state index contributed by atoms with van der Waals surface area (Å²) in [5, 5.41) is 7.88. The molecule has 170 valence electrons. The molecule has 0 bridgehead atoms. The quantitative estimate of drug-likeness (QED) is 0.407. The first-order chi connectivity index (χ1) is 16.0. The molecule has 10 heteroatoms. The first-order valence-electron chi connectivity index (χ1n) is 10.7. The third kappa shape index (κ3) is 4.50. The Balaban J connectivity index is 1.36. The predicted octanol–water partition coefficient (Wildman–Crippen LogP) is 4.07. The maximum absolute atomic E-state index is 13.0. The van der Waals surface area contributed by atoms with E-state index in [0.29, 0.717) is 37.4 Å². The summed E-state index contributed by atoms with van der Waals surface area (Å²) in [6.45, 7) is 1.54. The van der Waals surface area contributed by atoms with Crippen LogP contribution in [0.5, 0.6) is 0 Å². The number of fused-ring (bicyclic) bond motifs is 1. The molecule has 3 aromatic heterocycles. The second-order valence-corrected chi connectivity index (χ2v) is 10.8. The lowest BCUT2D eigenvalue weighted by Crippen LogP contribution is -2.38. The van der Waals surface area contributed by atoms with E-state index in [2.05, 4.69) is 31.3 Å². The van der Waals surface area contributed by atoms with Crippen LogP contribution in [0.1, 0.15) is 30.0 Å². The molecule has 0 saturated carbocycles. The van der Waals surface area contributed by atoms with E-state index < -0.39 is 10.0 Å². The minimum atomic E-state index is -3.47. The fourth-order valence-corrected chi connectivity index (χ4v) is 5.96. The second kappa shape index (κ2) is 9.20. The number of halogens is 1. The first kappa shape index (κ1) is 22.0. The molecular formula is C23H23BrN6O2S. The number of benzene rings is 1. The van der Waals surface area contributed by atoms with Crippen LogP contribution >= 0.6 is 15.9 Å². The Bertz CT molecular complexity index is 1350. The molecule has 0 aliphatic carbocycles. The molecule has 1 aromatic carbocycles. The smallest absolute Gasteiger partial charge is 0.243 e. The highest BCUT2D eigenvalue weighted by atomic mass is 79.9. The molecule has 1 saturated heterocycles. The third-order valence-electron chi connectivity index (χ3n) is 5.90. The molecule has 1 aliphatic heterocycles. The van der Waals surface area contributed by atoms with Gasteiger partial charge in [-0.05, 0) is 52.5 Å². The number of nitrogens with one attached hydrogen (secondary N) is 1. The van der Waals surface area contributed by atoms with Crippen LogP contribution < -0.4 is 5.32 Å². The van der Waals surface area contributed by atoms with E-state index in [1.165, 1.54) is 0 Å². The zero-order chi connectivity index (χ0) is 22.8. The third-order valence-corrected chi connectivity index (χ3v) is 8.37. The van der Waals surface area contributed by atoms with E-state index in [-0.39, 0.29) is 5.92 Å². The molecule has 8 nitrogen and oxygen atoms in total. The maximum Gasteiger partial charge on any atom is 0.243 e. The number of nitrogens with zero attached hydrogens (tertiary/aromatic N) is 5. The first-order valence-corrected chi connectivity index (χ1v) is 13.0. The van der Waals surface area contributed by atoms with Gasteiger partial charge in [0.1, 0.15) is 5.82 Å². The normalized spacial score (nSPS) is 15.7. The molecule has 1 fully saturated rings. The highest BCUT2D eigenvalue weighted by molar-refractivity contribution is 9.10. The van der Waals surface area contributed by atoms with Crippen molar-refractivity contribution in [2.75, 3.05) is 18.4 Å². The Hall–Kier alpha value is -2.82. The average molecular weight is 527 g/mol. The number of hydrogen-bond donors (Lipinski definition) is 1. The van der Waals surface area contributed by atoms with Crippen LogP contribution in [0.2, 0.25) is 0 Å². The van der Waals surface area contributed by atoms with E-state index in [9.17, 15) is 8.42 Å². The van der Waals surface area contributed by atoms with Gasteiger partial charge in [0.15, 0.2) is 5.65 Å². The Morgan fingerprint density at radius 1 is 1.06 bits per heavy atom. The number of piperidine rings is 1. The van der Waals surface area contributed by atoms with Crippen molar-refractivity contribution in [3.63, 3.8) is 0 Å². The zero-order valence-corrected chi connectivity index (χ0v) is 20.2. The lowest BCUT2D eigenvalue weighted by atomic mass is 9.94. The Labute approximate surface area is 200 Å². The standard InChI is InChI=1S/C23H23BrN6O2S/c24-20-16-27-30-22(26-15-17-5-4-10-25-14-17)13-21(28-23(20)30)18-8-11-29(12-9-18)33(31,32)19-6-2-1-3-7-19/h1-7,10,13-14,16,18,26H,8-9,11-12,15H2. The van der Waals surface area contributed by atoms with Crippen LogP contribution in [-0.2, 0) is 16.6 Å². The van der Waals surface area contributed by atoms with Crippen molar-refractivity contribution in [2.24, 2.45) is 0 Å². The highest BCUT2D eigenvalue weighted by Gasteiger charge is 2.31. The van der Waals surface area contributed by atoms with Gasteiger partial charge < -0.3 is 5.32 Å². The maximum atomic E-state index is 13.0. The van der Waals surface area contributed by atoms with Gasteiger partial charge in [-0.15, -0.1) is 0 Å². The van der Waals surface area contributed by atoms with E-state index in [4.69, 9.17) is 4.98 Å². The van der Waals surface area contributed by atoms with Crippen molar-refractivity contribution in [3.8, 4) is 0 Å². The summed E-state index contributed by atoms with van der Waals surface area (Å²) in [6.07, 6.45) is 6.73. The Morgan fingerprint density at radius 3 is 2.58 bits per heavy atom. The van der Waals surface area contributed by atoms with Crippen molar-refractivity contribution in [1.82, 2.24) is 23.9 Å². The summed E-state index contributed by atoms with van der Waals surface area (Å²) >= 11 is 3.55. The summed E-state index contributed by atoms with van der Waals surface area (Å²) in [7, 11) is -3.47. The summed E-state index contributed by atoms with van der Waals surface area (Å²) in [6, 6.07) is 14.6. The van der Waals surface area contributed by atoms with Crippen LogP contribution in [0.25, 0.3) is 5.65 Å². The molecule has 33 heavy (non-hydrogen) atoms. The van der Waals surface area contributed by atoms with E-state index >= 15 is 0 Å². The summed E-state index contributed by atoms with van der Waals surface area (Å²) in [5.41, 5.74) is 2.74. The fraction of sp³-hybridized carbons (Fsp3) is 0.261. The number of aromatic nitrogens is 4. The molecule has 0 amide bonds. The summed E-state index contributed by atoms with van der Waals surface area (Å²) in [4.78, 5) is 9.36. The van der Waals surface area contributed by atoms with Crippen molar-refractivity contribution >= 4 is 37.4 Å². The highest BCUT2D eigenvalue weighted by Crippen LogP contribution is 2.32. The van der Waals surface area contributed by atoms with Gasteiger partial charge in [0, 0.05) is 49.7 Å². The molecule has 5 rings (SSSR count). The molecule has 0 spiro atoms. The predicted molar refractivity (Wildman–Crippen MR) is 129 cm³/mol. The number of pyridine rings is 1. The van der Waals surface area contributed by atoms with Crippen molar-refractivity contribution in [1.29, 1.82) is 0 Å². The summed E-state index contributed by atoms with van der Waals surface area (Å²) in [5.74, 6) is 1.00. The van der Waals surface area contributed by atoms with Gasteiger partial charge in [0.2, 0.25) is 10.0 Å². The Morgan fingerprint density at radius 2 is 1.85 bits per heavy atom. The second-order valence-electron chi connectivity index (χ2n) is 8.00. The fourth-order valence-electron chi connectivity index (χ4n) is 4.12. The molecule has 0 unspecified atom stereocenters. The SMILES string of the molecule is O=S(=O)(c1ccccc1)N1CCC(c2cc(NCc3cccnc3)n3ncc(Br)c3n2)CC1.